The van der Waals surface area contributed by atoms with Crippen LogP contribution in [0.4, 0.5) is 14.5 Å². The lowest BCUT2D eigenvalue weighted by atomic mass is 10.0. The average molecular weight is 406 g/mol. The van der Waals surface area contributed by atoms with Gasteiger partial charge in [-0.25, -0.2) is 0 Å². The molecule has 29 heavy (non-hydrogen) atoms. The fourth-order valence-electron chi connectivity index (χ4n) is 3.43. The van der Waals surface area contributed by atoms with Crippen LogP contribution in [0.3, 0.4) is 0 Å². The lowest BCUT2D eigenvalue weighted by Gasteiger charge is -2.35. The van der Waals surface area contributed by atoms with Gasteiger partial charge in [0.2, 0.25) is 0 Å². The van der Waals surface area contributed by atoms with Gasteiger partial charge in [0.1, 0.15) is 5.75 Å². The summed E-state index contributed by atoms with van der Waals surface area (Å²) in [6, 6.07) is 7.05. The molecule has 1 unspecified atom stereocenters. The number of aryl methyl sites for hydroxylation is 1. The molecule has 1 aliphatic heterocycles. The first-order chi connectivity index (χ1) is 14.0. The maximum absolute atomic E-state index is 12.3. The molecule has 9 heteroatoms. The van der Waals surface area contributed by atoms with Crippen molar-refractivity contribution < 1.29 is 13.5 Å². The van der Waals surface area contributed by atoms with Gasteiger partial charge in [-0.1, -0.05) is 0 Å². The molecular weight excluding hydrogens is 378 g/mol. The van der Waals surface area contributed by atoms with Crippen molar-refractivity contribution in [2.75, 3.05) is 31.6 Å². The van der Waals surface area contributed by atoms with Crippen LogP contribution < -0.4 is 20.3 Å². The van der Waals surface area contributed by atoms with Gasteiger partial charge in [-0.15, -0.1) is 0 Å². The summed E-state index contributed by atoms with van der Waals surface area (Å²) in [5.41, 5.74) is 2.14. The fraction of sp³-hybridized carbons (Fsp3) is 0.500. The zero-order valence-electron chi connectivity index (χ0n) is 16.8. The highest BCUT2D eigenvalue weighted by molar-refractivity contribution is 5.80. The van der Waals surface area contributed by atoms with E-state index in [1.165, 1.54) is 0 Å². The first-order valence-electron chi connectivity index (χ1n) is 9.79. The minimum Gasteiger partial charge on any atom is -0.435 e. The third-order valence-electron chi connectivity index (χ3n) is 4.81. The monoisotopic (exact) mass is 406 g/mol. The molecule has 0 spiro atoms. The third-order valence-corrected chi connectivity index (χ3v) is 4.81. The number of benzene rings is 1. The Labute approximate surface area is 169 Å². The van der Waals surface area contributed by atoms with Crippen LogP contribution in [0.15, 0.2) is 41.7 Å². The Balaban J connectivity index is 1.48. The maximum atomic E-state index is 12.3. The molecule has 1 fully saturated rings. The van der Waals surface area contributed by atoms with Crippen molar-refractivity contribution in [2.24, 2.45) is 4.99 Å². The number of piperidine rings is 1. The molecule has 0 saturated carbocycles. The molecular formula is C20H28F2N6O. The molecule has 0 amide bonds. The molecule has 7 nitrogen and oxygen atoms in total. The summed E-state index contributed by atoms with van der Waals surface area (Å²) in [6.45, 7) is 2.44. The van der Waals surface area contributed by atoms with Crippen molar-refractivity contribution in [1.82, 2.24) is 20.4 Å². The van der Waals surface area contributed by atoms with Crippen LogP contribution in [0, 0.1) is 6.92 Å². The summed E-state index contributed by atoms with van der Waals surface area (Å²) in [4.78, 5) is 6.56. The van der Waals surface area contributed by atoms with E-state index in [0.717, 1.165) is 56.2 Å². The van der Waals surface area contributed by atoms with Crippen LogP contribution in [0.5, 0.6) is 5.75 Å². The van der Waals surface area contributed by atoms with E-state index in [2.05, 4.69) is 30.4 Å². The number of alkyl halides is 2. The number of anilines is 1. The lowest BCUT2D eigenvalue weighted by Crippen LogP contribution is -2.51. The first-order valence-corrected chi connectivity index (χ1v) is 9.79. The molecule has 0 bridgehead atoms. The lowest BCUT2D eigenvalue weighted by molar-refractivity contribution is -0.0498. The van der Waals surface area contributed by atoms with E-state index in [0.29, 0.717) is 0 Å². The summed E-state index contributed by atoms with van der Waals surface area (Å²) >= 11 is 0. The number of nitrogens with zero attached hydrogens (tertiary/aromatic N) is 4. The zero-order valence-corrected chi connectivity index (χ0v) is 16.8. The van der Waals surface area contributed by atoms with Gasteiger partial charge in [0.25, 0.3) is 0 Å². The molecule has 1 aromatic heterocycles. The number of halogens is 2. The summed E-state index contributed by atoms with van der Waals surface area (Å²) in [7, 11) is 1.76. The Hall–Kier alpha value is -2.84. The second kappa shape index (κ2) is 10.1. The van der Waals surface area contributed by atoms with Crippen molar-refractivity contribution in [3.8, 4) is 5.75 Å². The van der Waals surface area contributed by atoms with Crippen LogP contribution in [0.25, 0.3) is 0 Å². The highest BCUT2D eigenvalue weighted by Crippen LogP contribution is 2.23. The van der Waals surface area contributed by atoms with Gasteiger partial charge in [-0.05, 0) is 49.6 Å². The van der Waals surface area contributed by atoms with Gasteiger partial charge < -0.3 is 20.3 Å². The second-order valence-corrected chi connectivity index (χ2v) is 7.08. The minimum absolute atomic E-state index is 0.174. The van der Waals surface area contributed by atoms with Crippen LogP contribution in [-0.4, -0.2) is 55.1 Å². The SMILES string of the molecule is CN=C(NCCn1cc(C)cn1)NC1CCCN(c2ccc(OC(F)F)cc2)C1. The van der Waals surface area contributed by atoms with Crippen molar-refractivity contribution in [2.45, 2.75) is 39.0 Å². The average Bonchev–Trinajstić information content (AvgIpc) is 3.12. The van der Waals surface area contributed by atoms with Crippen molar-refractivity contribution in [1.29, 1.82) is 0 Å². The highest BCUT2D eigenvalue weighted by atomic mass is 19.3. The number of hydrogen-bond donors (Lipinski definition) is 2. The van der Waals surface area contributed by atoms with E-state index in [1.54, 1.807) is 19.2 Å². The van der Waals surface area contributed by atoms with Crippen LogP contribution >= 0.6 is 0 Å². The van der Waals surface area contributed by atoms with E-state index < -0.39 is 6.61 Å². The van der Waals surface area contributed by atoms with Gasteiger partial charge in [0.05, 0.1) is 12.7 Å². The number of nitrogens with one attached hydrogen (secondary N) is 2. The van der Waals surface area contributed by atoms with Crippen molar-refractivity contribution in [3.63, 3.8) is 0 Å². The maximum Gasteiger partial charge on any atom is 0.387 e. The summed E-state index contributed by atoms with van der Waals surface area (Å²) < 4.78 is 30.9. The summed E-state index contributed by atoms with van der Waals surface area (Å²) in [5, 5.41) is 11.1. The van der Waals surface area contributed by atoms with Gasteiger partial charge in [-0.2, -0.15) is 13.9 Å². The van der Waals surface area contributed by atoms with Gasteiger partial charge in [0, 0.05) is 44.6 Å². The molecule has 2 aromatic rings. The normalized spacial score (nSPS) is 17.5. The number of aromatic nitrogens is 2. The molecule has 1 saturated heterocycles. The number of hydrogen-bond acceptors (Lipinski definition) is 4. The number of rotatable bonds is 7. The van der Waals surface area contributed by atoms with E-state index in [9.17, 15) is 8.78 Å². The fourth-order valence-corrected chi connectivity index (χ4v) is 3.43. The largest absolute Gasteiger partial charge is 0.435 e. The highest BCUT2D eigenvalue weighted by Gasteiger charge is 2.21. The summed E-state index contributed by atoms with van der Waals surface area (Å²) in [5.74, 6) is 0.939. The van der Waals surface area contributed by atoms with Crippen LogP contribution in [0.2, 0.25) is 0 Å². The Morgan fingerprint density at radius 2 is 2.14 bits per heavy atom. The van der Waals surface area contributed by atoms with Crippen molar-refractivity contribution in [3.05, 3.63) is 42.2 Å². The Bertz CT molecular complexity index is 793. The van der Waals surface area contributed by atoms with E-state index >= 15 is 0 Å². The zero-order chi connectivity index (χ0) is 20.6. The second-order valence-electron chi connectivity index (χ2n) is 7.08. The molecule has 2 heterocycles. The number of aliphatic imine (C=N–C) groups is 1. The minimum atomic E-state index is -2.80. The van der Waals surface area contributed by atoms with Crippen molar-refractivity contribution >= 4 is 11.6 Å². The molecule has 1 aliphatic rings. The Kier molecular flexibility index (Phi) is 7.26. The van der Waals surface area contributed by atoms with Gasteiger partial charge in [0.15, 0.2) is 5.96 Å². The Morgan fingerprint density at radius 3 is 2.79 bits per heavy atom. The Morgan fingerprint density at radius 1 is 1.34 bits per heavy atom. The molecule has 0 aliphatic carbocycles. The van der Waals surface area contributed by atoms with Crippen LogP contribution in [0.1, 0.15) is 18.4 Å². The van der Waals surface area contributed by atoms with E-state index in [4.69, 9.17) is 0 Å². The van der Waals surface area contributed by atoms with E-state index in [1.807, 2.05) is 36.1 Å². The van der Waals surface area contributed by atoms with Crippen LogP contribution in [-0.2, 0) is 6.54 Å². The molecule has 1 aromatic carbocycles. The molecule has 1 atom stereocenters. The predicted molar refractivity (Wildman–Crippen MR) is 110 cm³/mol. The van der Waals surface area contributed by atoms with Gasteiger partial charge >= 0.3 is 6.61 Å². The number of guanidine groups is 1. The summed E-state index contributed by atoms with van der Waals surface area (Å²) in [6.07, 6.45) is 5.93. The third kappa shape index (κ3) is 6.33. The molecule has 3 rings (SSSR count). The quantitative estimate of drug-likeness (QED) is 0.547. The molecule has 2 N–H and O–H groups in total. The van der Waals surface area contributed by atoms with E-state index in [-0.39, 0.29) is 11.8 Å². The predicted octanol–water partition coefficient (Wildman–Crippen LogP) is 2.63. The molecule has 158 valence electrons. The topological polar surface area (TPSA) is 66.7 Å². The van der Waals surface area contributed by atoms with Gasteiger partial charge in [-0.3, -0.25) is 9.67 Å². The first kappa shape index (κ1) is 20.9. The smallest absolute Gasteiger partial charge is 0.387 e. The number of ether oxygens (including phenoxy) is 1. The standard InChI is InChI=1S/C20H28F2N6O/c1-15-12-25-28(13-15)11-9-24-20(23-2)26-16-4-3-10-27(14-16)17-5-7-18(8-6-17)29-19(21)22/h5-8,12-13,16,19H,3-4,9-11,14H2,1-2H3,(H2,23,24,26). The molecule has 0 radical (unpaired) electrons.